The highest BCUT2D eigenvalue weighted by atomic mass is 16.5. The van der Waals surface area contributed by atoms with Gasteiger partial charge in [0.05, 0.1) is 6.54 Å². The summed E-state index contributed by atoms with van der Waals surface area (Å²) >= 11 is 0. The highest BCUT2D eigenvalue weighted by molar-refractivity contribution is 5.55. The Morgan fingerprint density at radius 2 is 1.96 bits per heavy atom. The van der Waals surface area contributed by atoms with Crippen molar-refractivity contribution in [1.82, 2.24) is 24.9 Å². The van der Waals surface area contributed by atoms with Gasteiger partial charge in [-0.05, 0) is 44.7 Å². The number of piperazine rings is 1. The van der Waals surface area contributed by atoms with Crippen molar-refractivity contribution in [2.75, 3.05) is 44.2 Å². The molecule has 0 radical (unpaired) electrons. The van der Waals surface area contributed by atoms with Gasteiger partial charge in [-0.3, -0.25) is 9.80 Å². The molecule has 7 nitrogen and oxygen atoms in total. The summed E-state index contributed by atoms with van der Waals surface area (Å²) in [5.74, 6) is 3.09. The van der Waals surface area contributed by atoms with E-state index in [0.717, 1.165) is 63.1 Å². The summed E-state index contributed by atoms with van der Waals surface area (Å²) in [7, 11) is 0. The first-order chi connectivity index (χ1) is 13.6. The molecular formula is C21H32N6O. The van der Waals surface area contributed by atoms with Gasteiger partial charge >= 0.3 is 0 Å². The summed E-state index contributed by atoms with van der Waals surface area (Å²) in [6, 6.07) is 4.74. The van der Waals surface area contributed by atoms with Gasteiger partial charge in [0.1, 0.15) is 5.82 Å². The molecule has 2 aromatic heterocycles. The maximum atomic E-state index is 5.50. The monoisotopic (exact) mass is 384 g/mol. The highest BCUT2D eigenvalue weighted by Crippen LogP contribution is 2.23. The second kappa shape index (κ2) is 8.57. The molecule has 152 valence electrons. The van der Waals surface area contributed by atoms with E-state index in [1.54, 1.807) is 0 Å². The van der Waals surface area contributed by atoms with Crippen LogP contribution in [0.4, 0.5) is 5.82 Å². The Morgan fingerprint density at radius 1 is 1.14 bits per heavy atom. The van der Waals surface area contributed by atoms with Crippen molar-refractivity contribution in [3.8, 4) is 11.4 Å². The molecule has 1 atom stereocenters. The molecule has 0 amide bonds. The van der Waals surface area contributed by atoms with E-state index in [-0.39, 0.29) is 0 Å². The lowest BCUT2D eigenvalue weighted by molar-refractivity contribution is 0.0960. The van der Waals surface area contributed by atoms with Crippen molar-refractivity contribution in [2.24, 2.45) is 5.92 Å². The molecule has 2 aromatic rings. The van der Waals surface area contributed by atoms with Gasteiger partial charge in [0.15, 0.2) is 0 Å². The zero-order valence-electron chi connectivity index (χ0n) is 17.3. The number of hydrogen-bond donors (Lipinski definition) is 0. The molecular weight excluding hydrogens is 352 g/mol. The molecule has 4 heterocycles. The lowest BCUT2D eigenvalue weighted by atomic mass is 10.0. The zero-order valence-corrected chi connectivity index (χ0v) is 17.3. The fourth-order valence-electron chi connectivity index (χ4n) is 4.17. The third-order valence-electron chi connectivity index (χ3n) is 5.95. The first-order valence-electron chi connectivity index (χ1n) is 10.6. The van der Waals surface area contributed by atoms with Crippen LogP contribution in [0, 0.1) is 5.92 Å². The van der Waals surface area contributed by atoms with E-state index in [4.69, 9.17) is 4.52 Å². The smallest absolute Gasteiger partial charge is 0.241 e. The standard InChI is InChI=1S/C21H32N6O/c1-16(2)26-11-9-25(10-12-26)15-20-23-21(24-28-20)18-6-7-19(22-13-18)27-8-4-5-17(3)14-27/h6-7,13,16-17H,4-5,8-12,14-15H2,1-3H3/t17-/m1/s1. The summed E-state index contributed by atoms with van der Waals surface area (Å²) < 4.78 is 5.50. The Hall–Kier alpha value is -1.99. The van der Waals surface area contributed by atoms with Gasteiger partial charge in [0, 0.05) is 57.1 Å². The lowest BCUT2D eigenvalue weighted by Gasteiger charge is -2.36. The molecule has 28 heavy (non-hydrogen) atoms. The second-order valence-electron chi connectivity index (χ2n) is 8.52. The summed E-state index contributed by atoms with van der Waals surface area (Å²) in [5, 5.41) is 4.17. The Morgan fingerprint density at radius 3 is 2.64 bits per heavy atom. The molecule has 2 aliphatic rings. The van der Waals surface area contributed by atoms with Crippen LogP contribution in [0.15, 0.2) is 22.9 Å². The lowest BCUT2D eigenvalue weighted by Crippen LogP contribution is -2.48. The maximum Gasteiger partial charge on any atom is 0.241 e. The van der Waals surface area contributed by atoms with E-state index in [1.807, 2.05) is 6.20 Å². The third kappa shape index (κ3) is 4.52. The van der Waals surface area contributed by atoms with Crippen LogP contribution in [0.3, 0.4) is 0 Å². The van der Waals surface area contributed by atoms with Gasteiger partial charge in [-0.1, -0.05) is 12.1 Å². The number of hydrogen-bond acceptors (Lipinski definition) is 7. The van der Waals surface area contributed by atoms with E-state index in [1.165, 1.54) is 12.8 Å². The number of nitrogens with zero attached hydrogens (tertiary/aromatic N) is 6. The molecule has 4 rings (SSSR count). The molecule has 0 saturated carbocycles. The van der Waals surface area contributed by atoms with Crippen LogP contribution in [-0.2, 0) is 6.54 Å². The minimum absolute atomic E-state index is 0.612. The van der Waals surface area contributed by atoms with Crippen LogP contribution < -0.4 is 4.90 Å². The summed E-state index contributed by atoms with van der Waals surface area (Å²) in [4.78, 5) is 16.5. The molecule has 2 fully saturated rings. The topological polar surface area (TPSA) is 61.5 Å². The van der Waals surface area contributed by atoms with Crippen LogP contribution in [-0.4, -0.2) is 70.2 Å². The molecule has 0 spiro atoms. The quantitative estimate of drug-likeness (QED) is 0.785. The third-order valence-corrected chi connectivity index (χ3v) is 5.95. The van der Waals surface area contributed by atoms with E-state index in [2.05, 4.69) is 62.7 Å². The van der Waals surface area contributed by atoms with Gasteiger partial charge in [0.2, 0.25) is 11.7 Å². The maximum absolute atomic E-state index is 5.50. The molecule has 0 bridgehead atoms. The Bertz CT molecular complexity index is 751. The van der Waals surface area contributed by atoms with Crippen molar-refractivity contribution in [2.45, 2.75) is 46.2 Å². The van der Waals surface area contributed by atoms with Crippen molar-refractivity contribution in [3.05, 3.63) is 24.2 Å². The summed E-state index contributed by atoms with van der Waals surface area (Å²) in [6.07, 6.45) is 4.42. The fraction of sp³-hybridized carbons (Fsp3) is 0.667. The number of pyridine rings is 1. The molecule has 2 aliphatic heterocycles. The van der Waals surface area contributed by atoms with E-state index in [9.17, 15) is 0 Å². The van der Waals surface area contributed by atoms with Gasteiger partial charge in [-0.15, -0.1) is 0 Å². The minimum Gasteiger partial charge on any atom is -0.356 e. The molecule has 0 N–H and O–H groups in total. The number of anilines is 1. The predicted octanol–water partition coefficient (Wildman–Crippen LogP) is 2.89. The first kappa shape index (κ1) is 19.3. The van der Waals surface area contributed by atoms with Crippen LogP contribution in [0.1, 0.15) is 39.5 Å². The zero-order chi connectivity index (χ0) is 19.5. The van der Waals surface area contributed by atoms with Crippen molar-refractivity contribution >= 4 is 5.82 Å². The Labute approximate surface area is 167 Å². The van der Waals surface area contributed by atoms with Crippen LogP contribution in [0.25, 0.3) is 11.4 Å². The predicted molar refractivity (Wildman–Crippen MR) is 110 cm³/mol. The van der Waals surface area contributed by atoms with Gasteiger partial charge in [-0.25, -0.2) is 4.98 Å². The molecule has 0 aliphatic carbocycles. The second-order valence-corrected chi connectivity index (χ2v) is 8.52. The van der Waals surface area contributed by atoms with Gasteiger partial charge in [0.25, 0.3) is 0 Å². The average molecular weight is 385 g/mol. The largest absolute Gasteiger partial charge is 0.356 e. The average Bonchev–Trinajstić information content (AvgIpc) is 3.17. The number of piperidine rings is 1. The molecule has 0 unspecified atom stereocenters. The minimum atomic E-state index is 0.612. The summed E-state index contributed by atoms with van der Waals surface area (Å²) in [5.41, 5.74) is 0.911. The van der Waals surface area contributed by atoms with Crippen molar-refractivity contribution < 1.29 is 4.52 Å². The highest BCUT2D eigenvalue weighted by Gasteiger charge is 2.21. The van der Waals surface area contributed by atoms with Crippen LogP contribution >= 0.6 is 0 Å². The molecule has 2 saturated heterocycles. The van der Waals surface area contributed by atoms with Crippen LogP contribution in [0.5, 0.6) is 0 Å². The Kier molecular flexibility index (Phi) is 5.92. The molecule has 7 heteroatoms. The van der Waals surface area contributed by atoms with Crippen molar-refractivity contribution in [3.63, 3.8) is 0 Å². The Balaban J connectivity index is 1.35. The van der Waals surface area contributed by atoms with Crippen molar-refractivity contribution in [1.29, 1.82) is 0 Å². The van der Waals surface area contributed by atoms with Gasteiger partial charge in [-0.2, -0.15) is 4.98 Å². The summed E-state index contributed by atoms with van der Waals surface area (Å²) in [6.45, 7) is 14.0. The SMILES string of the molecule is CC(C)N1CCN(Cc2nc(-c3ccc(N4CCC[C@@H](C)C4)nc3)no2)CC1. The van der Waals surface area contributed by atoms with E-state index in [0.29, 0.717) is 17.8 Å². The molecule has 0 aromatic carbocycles. The van der Waals surface area contributed by atoms with E-state index < -0.39 is 0 Å². The fourth-order valence-corrected chi connectivity index (χ4v) is 4.17. The van der Waals surface area contributed by atoms with Crippen LogP contribution in [0.2, 0.25) is 0 Å². The first-order valence-corrected chi connectivity index (χ1v) is 10.6. The normalized spacial score (nSPS) is 22.1. The van der Waals surface area contributed by atoms with Gasteiger partial charge < -0.3 is 9.42 Å². The number of aromatic nitrogens is 3. The van der Waals surface area contributed by atoms with E-state index >= 15 is 0 Å². The number of rotatable bonds is 5.